The average molecular weight is 608 g/mol. The van der Waals surface area contributed by atoms with Crippen LogP contribution in [0.1, 0.15) is 57.0 Å². The van der Waals surface area contributed by atoms with Crippen molar-refractivity contribution in [3.05, 3.63) is 58.9 Å². The molecule has 0 saturated carbocycles. The number of carbonyl (C=O) groups excluding carboxylic acids is 3. The van der Waals surface area contributed by atoms with Crippen molar-refractivity contribution >= 4 is 23.8 Å². The Labute approximate surface area is 250 Å². The van der Waals surface area contributed by atoms with Gasteiger partial charge in [0.1, 0.15) is 5.60 Å². The second-order valence-electron chi connectivity index (χ2n) is 11.6. The van der Waals surface area contributed by atoms with Crippen LogP contribution in [0.15, 0.2) is 36.5 Å². The number of fused-ring (bicyclic) bond motifs is 1. The number of amides is 3. The molecule has 1 aliphatic rings. The molecule has 0 aliphatic carbocycles. The van der Waals surface area contributed by atoms with Crippen LogP contribution in [-0.2, 0) is 40.0 Å². The molecule has 1 aliphatic heterocycles. The van der Waals surface area contributed by atoms with Crippen LogP contribution in [0.25, 0.3) is 0 Å². The Hall–Kier alpha value is -4.03. The van der Waals surface area contributed by atoms with E-state index in [1.54, 1.807) is 45.6 Å². The molecular formula is C30H40F3N5O5. The first-order chi connectivity index (χ1) is 20.0. The molecule has 0 fully saturated rings. The van der Waals surface area contributed by atoms with Gasteiger partial charge in [0.05, 0.1) is 30.5 Å². The van der Waals surface area contributed by atoms with E-state index in [0.717, 1.165) is 17.2 Å². The van der Waals surface area contributed by atoms with Crippen LogP contribution in [0.2, 0.25) is 0 Å². The Morgan fingerprint density at radius 2 is 1.81 bits per heavy atom. The minimum atomic E-state index is -4.65. The van der Waals surface area contributed by atoms with Crippen molar-refractivity contribution in [1.29, 1.82) is 0 Å². The third-order valence-corrected chi connectivity index (χ3v) is 6.59. The summed E-state index contributed by atoms with van der Waals surface area (Å²) < 4.78 is 51.7. The second kappa shape index (κ2) is 14.0. The maximum Gasteiger partial charge on any atom is 0.418 e. The number of benzene rings is 1. The van der Waals surface area contributed by atoms with E-state index in [9.17, 15) is 27.6 Å². The molecule has 0 unspecified atom stereocenters. The molecule has 0 bridgehead atoms. The predicted molar refractivity (Wildman–Crippen MR) is 154 cm³/mol. The molecule has 2 heterocycles. The molecule has 1 aromatic carbocycles. The SMILES string of the molecule is CC(C)OC(=O)N1CCc2c(cccc2NCC(=O)N(CCN(C)C(=O)OC(C)(C)C)Cc2ncccc2C(F)(F)F)C1. The molecule has 3 amide bonds. The highest BCUT2D eigenvalue weighted by Crippen LogP contribution is 2.32. The molecule has 13 heteroatoms. The summed E-state index contributed by atoms with van der Waals surface area (Å²) in [4.78, 5) is 46.3. The van der Waals surface area contributed by atoms with Gasteiger partial charge in [-0.1, -0.05) is 12.1 Å². The van der Waals surface area contributed by atoms with Crippen molar-refractivity contribution < 1.29 is 37.0 Å². The van der Waals surface area contributed by atoms with Crippen molar-refractivity contribution in [3.8, 4) is 0 Å². The highest BCUT2D eigenvalue weighted by Gasteiger charge is 2.35. The highest BCUT2D eigenvalue weighted by molar-refractivity contribution is 5.81. The Bertz CT molecular complexity index is 1300. The van der Waals surface area contributed by atoms with Crippen molar-refractivity contribution in [2.24, 2.45) is 0 Å². The number of alkyl halides is 3. The van der Waals surface area contributed by atoms with Crippen LogP contribution in [0.5, 0.6) is 0 Å². The topological polar surface area (TPSA) is 104 Å². The first-order valence-electron chi connectivity index (χ1n) is 14.1. The zero-order valence-corrected chi connectivity index (χ0v) is 25.5. The van der Waals surface area contributed by atoms with Crippen molar-refractivity contribution in [2.75, 3.05) is 38.5 Å². The lowest BCUT2D eigenvalue weighted by Crippen LogP contribution is -2.43. The number of anilines is 1. The number of nitrogens with one attached hydrogen (secondary N) is 1. The molecule has 0 radical (unpaired) electrons. The number of carbonyl (C=O) groups is 3. The molecule has 2 aromatic rings. The predicted octanol–water partition coefficient (Wildman–Crippen LogP) is 5.31. The molecule has 43 heavy (non-hydrogen) atoms. The summed E-state index contributed by atoms with van der Waals surface area (Å²) in [5.74, 6) is -0.480. The zero-order valence-electron chi connectivity index (χ0n) is 25.5. The first-order valence-corrected chi connectivity index (χ1v) is 14.1. The second-order valence-corrected chi connectivity index (χ2v) is 11.6. The average Bonchev–Trinajstić information content (AvgIpc) is 2.91. The fourth-order valence-corrected chi connectivity index (χ4v) is 4.49. The largest absolute Gasteiger partial charge is 0.447 e. The number of hydrogen-bond donors (Lipinski definition) is 1. The summed E-state index contributed by atoms with van der Waals surface area (Å²) >= 11 is 0. The Morgan fingerprint density at radius 3 is 2.47 bits per heavy atom. The van der Waals surface area contributed by atoms with Gasteiger partial charge in [-0.3, -0.25) is 9.78 Å². The van der Waals surface area contributed by atoms with Gasteiger partial charge in [0.2, 0.25) is 5.91 Å². The maximum absolute atomic E-state index is 13.7. The first kappa shape index (κ1) is 33.5. The monoisotopic (exact) mass is 607 g/mol. The number of ether oxygens (including phenoxy) is 2. The zero-order chi connectivity index (χ0) is 31.9. The minimum absolute atomic E-state index is 0.0257. The molecule has 236 valence electrons. The van der Waals surface area contributed by atoms with E-state index in [0.29, 0.717) is 25.2 Å². The number of likely N-dealkylation sites (N-methyl/N-ethyl adjacent to an activating group) is 1. The van der Waals surface area contributed by atoms with Gasteiger partial charge in [-0.05, 0) is 70.4 Å². The molecule has 1 N–H and O–H groups in total. The molecule has 1 aromatic heterocycles. The van der Waals surface area contributed by atoms with E-state index in [1.165, 1.54) is 29.1 Å². The van der Waals surface area contributed by atoms with Crippen LogP contribution in [0, 0.1) is 0 Å². The Morgan fingerprint density at radius 1 is 1.09 bits per heavy atom. The van der Waals surface area contributed by atoms with E-state index in [1.807, 2.05) is 12.1 Å². The Balaban J connectivity index is 1.76. The van der Waals surface area contributed by atoms with Crippen molar-refractivity contribution in [2.45, 2.75) is 72.0 Å². The van der Waals surface area contributed by atoms with Gasteiger partial charge < -0.3 is 29.5 Å². The van der Waals surface area contributed by atoms with Gasteiger partial charge in [0, 0.05) is 45.1 Å². The van der Waals surface area contributed by atoms with Crippen LogP contribution in [-0.4, -0.2) is 82.7 Å². The van der Waals surface area contributed by atoms with Crippen LogP contribution >= 0.6 is 0 Å². The standard InChI is InChI=1S/C30H40F3N5O5/c1-20(2)42-28(41)38-14-12-22-21(18-38)9-7-11-24(22)35-17-26(39)37(16-15-36(6)27(40)43-29(3,4)5)19-25-23(30(31,32)33)10-8-13-34-25/h7-11,13,20,35H,12,14-19H2,1-6H3. The van der Waals surface area contributed by atoms with E-state index in [4.69, 9.17) is 9.47 Å². The fraction of sp³-hybridized carbons (Fsp3) is 0.533. The van der Waals surface area contributed by atoms with Crippen molar-refractivity contribution in [1.82, 2.24) is 19.7 Å². The van der Waals surface area contributed by atoms with Gasteiger partial charge in [0.15, 0.2) is 0 Å². The molecule has 0 atom stereocenters. The summed E-state index contributed by atoms with van der Waals surface area (Å²) in [7, 11) is 1.49. The summed E-state index contributed by atoms with van der Waals surface area (Å²) in [6, 6.07) is 7.64. The summed E-state index contributed by atoms with van der Waals surface area (Å²) in [5.41, 5.74) is 0.587. The highest BCUT2D eigenvalue weighted by atomic mass is 19.4. The summed E-state index contributed by atoms with van der Waals surface area (Å²) in [6.07, 6.45) is -4.12. The third-order valence-electron chi connectivity index (χ3n) is 6.59. The molecule has 0 saturated heterocycles. The van der Waals surface area contributed by atoms with Gasteiger partial charge in [-0.2, -0.15) is 13.2 Å². The number of rotatable bonds is 9. The smallest absolute Gasteiger partial charge is 0.418 e. The number of aromatic nitrogens is 1. The number of halogens is 3. The van der Waals surface area contributed by atoms with Gasteiger partial charge >= 0.3 is 18.4 Å². The summed E-state index contributed by atoms with van der Waals surface area (Å²) in [6.45, 7) is 8.88. The van der Waals surface area contributed by atoms with Gasteiger partial charge in [-0.15, -0.1) is 0 Å². The van der Waals surface area contributed by atoms with E-state index in [2.05, 4.69) is 10.3 Å². The lowest BCUT2D eigenvalue weighted by molar-refractivity contribution is -0.140. The number of pyridine rings is 1. The quantitative estimate of drug-likeness (QED) is 0.412. The number of nitrogens with zero attached hydrogens (tertiary/aromatic N) is 4. The van der Waals surface area contributed by atoms with E-state index in [-0.39, 0.29) is 31.4 Å². The van der Waals surface area contributed by atoms with Crippen LogP contribution in [0.4, 0.5) is 28.4 Å². The van der Waals surface area contributed by atoms with Crippen LogP contribution in [0.3, 0.4) is 0 Å². The summed E-state index contributed by atoms with van der Waals surface area (Å²) in [5, 5.41) is 3.13. The maximum atomic E-state index is 13.7. The van der Waals surface area contributed by atoms with Gasteiger partial charge in [-0.25, -0.2) is 9.59 Å². The molecule has 3 rings (SSSR count). The molecule has 10 nitrogen and oxygen atoms in total. The Kier molecular flexibility index (Phi) is 10.9. The lowest BCUT2D eigenvalue weighted by atomic mass is 9.98. The lowest BCUT2D eigenvalue weighted by Gasteiger charge is -2.31. The van der Waals surface area contributed by atoms with Crippen LogP contribution < -0.4 is 5.32 Å². The minimum Gasteiger partial charge on any atom is -0.447 e. The number of hydrogen-bond acceptors (Lipinski definition) is 7. The fourth-order valence-electron chi connectivity index (χ4n) is 4.49. The van der Waals surface area contributed by atoms with Gasteiger partial charge in [0.25, 0.3) is 0 Å². The van der Waals surface area contributed by atoms with E-state index >= 15 is 0 Å². The normalized spacial score (nSPS) is 13.3. The van der Waals surface area contributed by atoms with Crippen molar-refractivity contribution in [3.63, 3.8) is 0 Å². The third kappa shape index (κ3) is 9.75. The van der Waals surface area contributed by atoms with E-state index < -0.39 is 42.0 Å². The molecular weight excluding hydrogens is 567 g/mol. The molecule has 0 spiro atoms.